The van der Waals surface area contributed by atoms with Crippen LogP contribution in [0.25, 0.3) is 10.8 Å². The molecule has 0 aromatic heterocycles. The van der Waals surface area contributed by atoms with Crippen LogP contribution in [-0.4, -0.2) is 19.2 Å². The lowest BCUT2D eigenvalue weighted by Gasteiger charge is -2.12. The van der Waals surface area contributed by atoms with E-state index in [2.05, 4.69) is 10.5 Å². The fourth-order valence-electron chi connectivity index (χ4n) is 3.33. The van der Waals surface area contributed by atoms with Crippen LogP contribution in [0, 0.1) is 0 Å². The van der Waals surface area contributed by atoms with Crippen molar-refractivity contribution in [2.24, 2.45) is 5.10 Å². The third-order valence-corrected chi connectivity index (χ3v) is 5.59. The number of benzene rings is 4. The molecule has 0 saturated carbocycles. The van der Waals surface area contributed by atoms with Gasteiger partial charge in [-0.05, 0) is 52.7 Å². The minimum atomic E-state index is -0.287. The van der Waals surface area contributed by atoms with Crippen molar-refractivity contribution in [2.75, 3.05) is 7.11 Å². The van der Waals surface area contributed by atoms with Gasteiger partial charge in [0.15, 0.2) is 11.5 Å². The lowest BCUT2D eigenvalue weighted by Crippen LogP contribution is -2.17. The summed E-state index contributed by atoms with van der Waals surface area (Å²) in [5.41, 5.74) is 4.67. The van der Waals surface area contributed by atoms with Gasteiger partial charge in [0.1, 0.15) is 6.61 Å². The molecule has 0 fully saturated rings. The maximum absolute atomic E-state index is 12.6. The zero-order valence-electron chi connectivity index (χ0n) is 17.7. The number of carbonyl (C=O) groups is 1. The fraction of sp³-hybridized carbons (Fsp3) is 0.0769. The zero-order valence-corrected chi connectivity index (χ0v) is 19.2. The molecule has 0 unspecified atom stereocenters. The quantitative estimate of drug-likeness (QED) is 0.243. The van der Waals surface area contributed by atoms with Crippen molar-refractivity contribution in [1.82, 2.24) is 5.43 Å². The van der Waals surface area contributed by atoms with Crippen LogP contribution < -0.4 is 14.9 Å². The number of ether oxygens (including phenoxy) is 2. The Hall–Kier alpha value is -3.54. The highest BCUT2D eigenvalue weighted by Gasteiger charge is 2.10. The van der Waals surface area contributed by atoms with Crippen LogP contribution in [0.5, 0.6) is 11.5 Å². The SMILES string of the molecule is COc1ccc(/C=N\NC(=O)c2cccc3ccccc23)cc1OCc1ccc(Cl)cc1Cl. The molecule has 5 nitrogen and oxygen atoms in total. The molecule has 4 rings (SSSR count). The number of methoxy groups -OCH3 is 1. The van der Waals surface area contributed by atoms with Crippen LogP contribution in [0.4, 0.5) is 0 Å². The summed E-state index contributed by atoms with van der Waals surface area (Å²) in [5.74, 6) is 0.801. The van der Waals surface area contributed by atoms with E-state index >= 15 is 0 Å². The summed E-state index contributed by atoms with van der Waals surface area (Å²) in [5, 5.41) is 7.05. The molecule has 7 heteroatoms. The van der Waals surface area contributed by atoms with E-state index in [9.17, 15) is 4.79 Å². The first-order chi connectivity index (χ1) is 16.0. The number of nitrogens with one attached hydrogen (secondary N) is 1. The van der Waals surface area contributed by atoms with E-state index in [0.717, 1.165) is 21.9 Å². The van der Waals surface area contributed by atoms with E-state index in [0.29, 0.717) is 27.1 Å². The number of halogens is 2. The second-order valence-electron chi connectivity index (χ2n) is 7.16. The second-order valence-corrected chi connectivity index (χ2v) is 8.00. The molecule has 4 aromatic carbocycles. The van der Waals surface area contributed by atoms with Crippen molar-refractivity contribution < 1.29 is 14.3 Å². The number of nitrogens with zero attached hydrogens (tertiary/aromatic N) is 1. The summed E-state index contributed by atoms with van der Waals surface area (Å²) in [6.45, 7) is 0.241. The van der Waals surface area contributed by atoms with Gasteiger partial charge in [-0.3, -0.25) is 4.79 Å². The molecule has 0 saturated heterocycles. The molecule has 0 aliphatic rings. The topological polar surface area (TPSA) is 59.9 Å². The second kappa shape index (κ2) is 10.4. The van der Waals surface area contributed by atoms with E-state index in [-0.39, 0.29) is 12.5 Å². The molecule has 0 spiro atoms. The maximum Gasteiger partial charge on any atom is 0.271 e. The summed E-state index contributed by atoms with van der Waals surface area (Å²) in [7, 11) is 1.57. The standard InChI is InChI=1S/C26H20Cl2N2O3/c1-32-24-12-9-17(13-25(24)33-16-19-10-11-20(27)14-23(19)28)15-29-30-26(31)22-8-4-6-18-5-2-3-7-21(18)22/h2-15H,16H2,1H3,(H,30,31)/b29-15-. The Labute approximate surface area is 201 Å². The highest BCUT2D eigenvalue weighted by Crippen LogP contribution is 2.30. The van der Waals surface area contributed by atoms with Gasteiger partial charge >= 0.3 is 0 Å². The minimum absolute atomic E-state index is 0.241. The van der Waals surface area contributed by atoms with E-state index in [1.165, 1.54) is 0 Å². The molecule has 0 aliphatic carbocycles. The molecule has 0 atom stereocenters. The molecule has 1 N–H and O–H groups in total. The van der Waals surface area contributed by atoms with Gasteiger partial charge < -0.3 is 9.47 Å². The third kappa shape index (κ3) is 5.45. The molecule has 0 aliphatic heterocycles. The monoisotopic (exact) mass is 478 g/mol. The average Bonchev–Trinajstić information content (AvgIpc) is 2.83. The number of carbonyl (C=O) groups excluding carboxylic acids is 1. The lowest BCUT2D eigenvalue weighted by atomic mass is 10.0. The summed E-state index contributed by atoms with van der Waals surface area (Å²) in [6.07, 6.45) is 1.55. The van der Waals surface area contributed by atoms with E-state index in [1.807, 2.05) is 48.5 Å². The molecule has 4 aromatic rings. The Balaban J connectivity index is 1.47. The molecular weight excluding hydrogens is 459 g/mol. The summed E-state index contributed by atoms with van der Waals surface area (Å²) in [6, 6.07) is 23.9. The van der Waals surface area contributed by atoms with E-state index < -0.39 is 0 Å². The van der Waals surface area contributed by atoms with Crippen molar-refractivity contribution in [3.05, 3.63) is 106 Å². The average molecular weight is 479 g/mol. The Bertz CT molecular complexity index is 1330. The molecule has 0 bridgehead atoms. The highest BCUT2D eigenvalue weighted by molar-refractivity contribution is 6.35. The number of hydrogen-bond donors (Lipinski definition) is 1. The van der Waals surface area contributed by atoms with Gasteiger partial charge in [-0.1, -0.05) is 65.7 Å². The van der Waals surface area contributed by atoms with Crippen LogP contribution in [0.1, 0.15) is 21.5 Å². The Morgan fingerprint density at radius 3 is 2.61 bits per heavy atom. The normalized spacial score (nSPS) is 11.0. The molecular formula is C26H20Cl2N2O3. The fourth-order valence-corrected chi connectivity index (χ4v) is 3.79. The largest absolute Gasteiger partial charge is 0.493 e. The zero-order chi connectivity index (χ0) is 23.2. The van der Waals surface area contributed by atoms with Crippen LogP contribution in [-0.2, 0) is 6.61 Å². The van der Waals surface area contributed by atoms with Gasteiger partial charge in [0, 0.05) is 21.2 Å². The number of rotatable bonds is 7. The highest BCUT2D eigenvalue weighted by atomic mass is 35.5. The van der Waals surface area contributed by atoms with Crippen LogP contribution in [0.15, 0.2) is 84.0 Å². The van der Waals surface area contributed by atoms with Crippen LogP contribution in [0.2, 0.25) is 10.0 Å². The van der Waals surface area contributed by atoms with Gasteiger partial charge in [-0.2, -0.15) is 5.10 Å². The minimum Gasteiger partial charge on any atom is -0.493 e. The molecule has 0 radical (unpaired) electrons. The van der Waals surface area contributed by atoms with E-state index in [4.69, 9.17) is 32.7 Å². The first-order valence-corrected chi connectivity index (χ1v) is 10.9. The first-order valence-electron chi connectivity index (χ1n) is 10.1. The smallest absolute Gasteiger partial charge is 0.271 e. The number of hydrazone groups is 1. The number of fused-ring (bicyclic) bond motifs is 1. The van der Waals surface area contributed by atoms with Crippen molar-refractivity contribution in [1.29, 1.82) is 0 Å². The van der Waals surface area contributed by atoms with E-state index in [1.54, 1.807) is 43.7 Å². The molecule has 166 valence electrons. The predicted octanol–water partition coefficient (Wildman–Crippen LogP) is 6.50. The van der Waals surface area contributed by atoms with Gasteiger partial charge in [-0.25, -0.2) is 5.43 Å². The lowest BCUT2D eigenvalue weighted by molar-refractivity contribution is 0.0957. The Morgan fingerprint density at radius 1 is 0.970 bits per heavy atom. The van der Waals surface area contributed by atoms with Gasteiger partial charge in [0.25, 0.3) is 5.91 Å². The number of hydrogen-bond acceptors (Lipinski definition) is 4. The first kappa shape index (κ1) is 22.6. The van der Waals surface area contributed by atoms with Crippen LogP contribution in [0.3, 0.4) is 0 Å². The van der Waals surface area contributed by atoms with Gasteiger partial charge in [0.05, 0.1) is 13.3 Å². The van der Waals surface area contributed by atoms with Crippen molar-refractivity contribution >= 4 is 46.1 Å². The maximum atomic E-state index is 12.6. The summed E-state index contributed by atoms with van der Waals surface area (Å²) >= 11 is 12.2. The molecule has 33 heavy (non-hydrogen) atoms. The van der Waals surface area contributed by atoms with Gasteiger partial charge in [0.2, 0.25) is 0 Å². The third-order valence-electron chi connectivity index (χ3n) is 5.00. The molecule has 0 heterocycles. The Kier molecular flexibility index (Phi) is 7.13. The van der Waals surface area contributed by atoms with Crippen LogP contribution >= 0.6 is 23.2 Å². The van der Waals surface area contributed by atoms with Gasteiger partial charge in [-0.15, -0.1) is 0 Å². The van der Waals surface area contributed by atoms with Crippen molar-refractivity contribution in [2.45, 2.75) is 6.61 Å². The summed E-state index contributed by atoms with van der Waals surface area (Å²) in [4.78, 5) is 12.6. The van der Waals surface area contributed by atoms with Crippen molar-refractivity contribution in [3.8, 4) is 11.5 Å². The molecule has 1 amide bonds. The predicted molar refractivity (Wildman–Crippen MR) is 133 cm³/mol. The van der Waals surface area contributed by atoms with Crippen molar-refractivity contribution in [3.63, 3.8) is 0 Å². The Morgan fingerprint density at radius 2 is 1.79 bits per heavy atom. The number of amides is 1. The summed E-state index contributed by atoms with van der Waals surface area (Å²) < 4.78 is 11.3.